The second kappa shape index (κ2) is 5.24. The zero-order valence-corrected chi connectivity index (χ0v) is 11.7. The molecule has 0 N–H and O–H groups in total. The van der Waals surface area contributed by atoms with Crippen LogP contribution >= 0.6 is 27.3 Å². The summed E-state index contributed by atoms with van der Waals surface area (Å²) in [6, 6.07) is 2.14. The number of halogens is 3. The molecule has 0 aliphatic heterocycles. The van der Waals surface area contributed by atoms with Gasteiger partial charge in [-0.05, 0) is 19.1 Å². The van der Waals surface area contributed by atoms with Crippen molar-refractivity contribution in [1.29, 1.82) is 0 Å². The lowest BCUT2D eigenvalue weighted by Crippen LogP contribution is -2.09. The van der Waals surface area contributed by atoms with Crippen molar-refractivity contribution in [3.8, 4) is 0 Å². The minimum atomic E-state index is -0.862. The average molecular weight is 332 g/mol. The van der Waals surface area contributed by atoms with Gasteiger partial charge in [0.2, 0.25) is 0 Å². The Hall–Kier alpha value is -1.14. The van der Waals surface area contributed by atoms with Crippen LogP contribution in [-0.2, 0) is 6.42 Å². The number of hydrogen-bond donors (Lipinski definition) is 0. The molecule has 0 saturated carbocycles. The van der Waals surface area contributed by atoms with E-state index < -0.39 is 23.0 Å². The summed E-state index contributed by atoms with van der Waals surface area (Å²) in [7, 11) is 0. The van der Waals surface area contributed by atoms with Crippen molar-refractivity contribution in [2.24, 2.45) is 0 Å². The van der Waals surface area contributed by atoms with Crippen molar-refractivity contribution in [3.63, 3.8) is 0 Å². The molecule has 18 heavy (non-hydrogen) atoms. The molecule has 0 radical (unpaired) electrons. The van der Waals surface area contributed by atoms with E-state index in [1.54, 1.807) is 12.3 Å². The van der Waals surface area contributed by atoms with E-state index in [4.69, 9.17) is 0 Å². The molecule has 6 heteroatoms. The largest absolute Gasteiger partial charge is 0.294 e. The molecule has 94 valence electrons. The third-order valence-electron chi connectivity index (χ3n) is 2.29. The third-order valence-corrected chi connectivity index (χ3v) is 3.57. The Morgan fingerprint density at radius 1 is 1.39 bits per heavy atom. The number of hydrogen-bond acceptors (Lipinski definition) is 3. The minimum absolute atomic E-state index is 0.0974. The Labute approximate surface area is 115 Å². The number of nitrogens with zero attached hydrogens (tertiary/aromatic N) is 1. The third kappa shape index (κ3) is 2.81. The van der Waals surface area contributed by atoms with Crippen LogP contribution in [0.1, 0.15) is 21.1 Å². The summed E-state index contributed by atoms with van der Waals surface area (Å²) in [5.74, 6) is -2.33. The quantitative estimate of drug-likeness (QED) is 0.798. The fourth-order valence-corrected chi connectivity index (χ4v) is 2.57. The fraction of sp³-hybridized carbons (Fsp3) is 0.167. The summed E-state index contributed by atoms with van der Waals surface area (Å²) in [5, 5.41) is 2.52. The van der Waals surface area contributed by atoms with Crippen LogP contribution in [0, 0.1) is 18.6 Å². The van der Waals surface area contributed by atoms with Crippen molar-refractivity contribution < 1.29 is 13.6 Å². The summed E-state index contributed by atoms with van der Waals surface area (Å²) in [6.07, 6.45) is -0.0974. The highest BCUT2D eigenvalue weighted by Gasteiger charge is 2.19. The second-order valence-electron chi connectivity index (χ2n) is 3.70. The topological polar surface area (TPSA) is 30.0 Å². The lowest BCUT2D eigenvalue weighted by atomic mass is 10.1. The first-order valence-electron chi connectivity index (χ1n) is 5.06. The molecule has 2 aromatic rings. The van der Waals surface area contributed by atoms with Crippen LogP contribution in [0.15, 0.2) is 22.0 Å². The Balaban J connectivity index is 2.29. The number of Topliss-reactive ketones (excluding diaryl/α,β-unsaturated/α-hetero) is 1. The van der Waals surface area contributed by atoms with Crippen LogP contribution in [0.3, 0.4) is 0 Å². The summed E-state index contributed by atoms with van der Waals surface area (Å²) in [4.78, 5) is 15.9. The number of aryl methyl sites for hydroxylation is 1. The SMILES string of the molecule is Cc1nc(CC(=O)c2c(F)cc(Br)cc2F)cs1. The molecule has 0 aliphatic carbocycles. The van der Waals surface area contributed by atoms with E-state index in [9.17, 15) is 13.6 Å². The molecule has 0 fully saturated rings. The number of aromatic nitrogens is 1. The maximum atomic E-state index is 13.6. The average Bonchev–Trinajstić information content (AvgIpc) is 2.62. The smallest absolute Gasteiger partial charge is 0.174 e. The first-order valence-corrected chi connectivity index (χ1v) is 6.73. The normalized spacial score (nSPS) is 10.7. The van der Waals surface area contributed by atoms with Gasteiger partial charge in [0.25, 0.3) is 0 Å². The number of carbonyl (C=O) groups is 1. The number of carbonyl (C=O) groups excluding carboxylic acids is 1. The molecule has 1 heterocycles. The van der Waals surface area contributed by atoms with Crippen LogP contribution in [0.5, 0.6) is 0 Å². The van der Waals surface area contributed by atoms with Crippen LogP contribution in [0.2, 0.25) is 0 Å². The molecule has 0 bridgehead atoms. The first kappa shape index (κ1) is 13.3. The van der Waals surface area contributed by atoms with Crippen LogP contribution in [0.4, 0.5) is 8.78 Å². The van der Waals surface area contributed by atoms with E-state index in [0.29, 0.717) is 5.69 Å². The fourth-order valence-electron chi connectivity index (χ4n) is 1.55. The Kier molecular flexibility index (Phi) is 3.87. The zero-order valence-electron chi connectivity index (χ0n) is 9.34. The number of ketones is 1. The molecule has 0 amide bonds. The minimum Gasteiger partial charge on any atom is -0.294 e. The highest BCUT2D eigenvalue weighted by molar-refractivity contribution is 9.10. The molecular weight excluding hydrogens is 324 g/mol. The maximum Gasteiger partial charge on any atom is 0.174 e. The molecule has 0 aliphatic rings. The highest BCUT2D eigenvalue weighted by atomic mass is 79.9. The van der Waals surface area contributed by atoms with Crippen molar-refractivity contribution >= 4 is 33.0 Å². The van der Waals surface area contributed by atoms with Crippen LogP contribution in [0.25, 0.3) is 0 Å². The monoisotopic (exact) mass is 331 g/mol. The summed E-state index contributed by atoms with van der Waals surface area (Å²) < 4.78 is 27.4. The predicted molar refractivity (Wildman–Crippen MR) is 68.9 cm³/mol. The van der Waals surface area contributed by atoms with Gasteiger partial charge < -0.3 is 0 Å². The second-order valence-corrected chi connectivity index (χ2v) is 5.68. The maximum absolute atomic E-state index is 13.6. The highest BCUT2D eigenvalue weighted by Crippen LogP contribution is 2.21. The molecule has 0 saturated heterocycles. The molecule has 0 unspecified atom stereocenters. The summed E-state index contributed by atoms with van der Waals surface area (Å²) in [6.45, 7) is 1.80. The van der Waals surface area contributed by atoms with E-state index in [0.717, 1.165) is 17.1 Å². The Morgan fingerprint density at radius 3 is 2.50 bits per heavy atom. The van der Waals surface area contributed by atoms with E-state index in [-0.39, 0.29) is 10.9 Å². The van der Waals surface area contributed by atoms with Crippen molar-refractivity contribution in [2.75, 3.05) is 0 Å². The summed E-state index contributed by atoms with van der Waals surface area (Å²) in [5.41, 5.74) is 0.0214. The van der Waals surface area contributed by atoms with Gasteiger partial charge in [-0.25, -0.2) is 13.8 Å². The van der Waals surface area contributed by atoms with Gasteiger partial charge in [-0.3, -0.25) is 4.79 Å². The zero-order chi connectivity index (χ0) is 13.3. The molecule has 2 rings (SSSR count). The molecule has 1 aromatic heterocycles. The van der Waals surface area contributed by atoms with Crippen LogP contribution in [-0.4, -0.2) is 10.8 Å². The van der Waals surface area contributed by atoms with Crippen molar-refractivity contribution in [3.05, 3.63) is 49.9 Å². The van der Waals surface area contributed by atoms with Gasteiger partial charge in [-0.2, -0.15) is 0 Å². The van der Waals surface area contributed by atoms with Gasteiger partial charge in [0.15, 0.2) is 5.78 Å². The Bertz CT molecular complexity index is 589. The van der Waals surface area contributed by atoms with E-state index in [2.05, 4.69) is 20.9 Å². The van der Waals surface area contributed by atoms with Gasteiger partial charge in [-0.15, -0.1) is 11.3 Å². The summed E-state index contributed by atoms with van der Waals surface area (Å²) >= 11 is 4.36. The lowest BCUT2D eigenvalue weighted by molar-refractivity contribution is 0.0984. The first-order chi connectivity index (χ1) is 8.47. The Morgan fingerprint density at radius 2 is 2.00 bits per heavy atom. The molecule has 0 spiro atoms. The van der Waals surface area contributed by atoms with Crippen molar-refractivity contribution in [2.45, 2.75) is 13.3 Å². The number of benzene rings is 1. The predicted octanol–water partition coefficient (Wildman–Crippen LogP) is 3.92. The van der Waals surface area contributed by atoms with E-state index >= 15 is 0 Å². The molecule has 0 atom stereocenters. The van der Waals surface area contributed by atoms with Crippen molar-refractivity contribution in [1.82, 2.24) is 4.98 Å². The van der Waals surface area contributed by atoms with Gasteiger partial charge >= 0.3 is 0 Å². The molecule has 2 nitrogen and oxygen atoms in total. The van der Waals surface area contributed by atoms with Gasteiger partial charge in [0.1, 0.15) is 11.6 Å². The van der Waals surface area contributed by atoms with Gasteiger partial charge in [0.05, 0.1) is 22.7 Å². The van der Waals surface area contributed by atoms with Gasteiger partial charge in [0, 0.05) is 9.85 Å². The number of thiazole rings is 1. The lowest BCUT2D eigenvalue weighted by Gasteiger charge is -2.03. The standard InChI is InChI=1S/C12H8BrF2NOS/c1-6-16-8(5-18-6)4-11(17)12-9(14)2-7(13)3-10(12)15/h2-3,5H,4H2,1H3. The van der Waals surface area contributed by atoms with E-state index in [1.165, 1.54) is 11.3 Å². The molecular formula is C12H8BrF2NOS. The van der Waals surface area contributed by atoms with Crippen LogP contribution < -0.4 is 0 Å². The van der Waals surface area contributed by atoms with E-state index in [1.807, 2.05) is 0 Å². The number of rotatable bonds is 3. The van der Waals surface area contributed by atoms with Gasteiger partial charge in [-0.1, -0.05) is 15.9 Å². The molecule has 1 aromatic carbocycles.